The van der Waals surface area contributed by atoms with E-state index in [1.165, 1.54) is 6.07 Å². The quantitative estimate of drug-likeness (QED) is 0.828. The van der Waals surface area contributed by atoms with Crippen LogP contribution in [-0.2, 0) is 6.18 Å². The van der Waals surface area contributed by atoms with Gasteiger partial charge in [-0.2, -0.15) is 13.2 Å². The molecule has 1 unspecified atom stereocenters. The van der Waals surface area contributed by atoms with E-state index in [9.17, 15) is 13.2 Å². The molecule has 0 saturated carbocycles. The second-order valence-corrected chi connectivity index (χ2v) is 5.32. The summed E-state index contributed by atoms with van der Waals surface area (Å²) in [6.07, 6.45) is -2.10. The molecule has 1 aromatic rings. The van der Waals surface area contributed by atoms with Gasteiger partial charge in [0.2, 0.25) is 0 Å². The molecule has 1 atom stereocenters. The van der Waals surface area contributed by atoms with E-state index in [0.717, 1.165) is 44.6 Å². The SMILES string of the molecule is Cl.FC(F)(F)c1cccc(OC2CN3CCC2CC3)c1. The summed E-state index contributed by atoms with van der Waals surface area (Å²) in [5.41, 5.74) is -0.647. The van der Waals surface area contributed by atoms with Crippen LogP contribution in [0.1, 0.15) is 18.4 Å². The second kappa shape index (κ2) is 5.82. The molecular formula is C14H17ClF3NO. The van der Waals surface area contributed by atoms with Crippen molar-refractivity contribution in [3.05, 3.63) is 29.8 Å². The zero-order valence-corrected chi connectivity index (χ0v) is 11.7. The van der Waals surface area contributed by atoms with Gasteiger partial charge in [-0.15, -0.1) is 12.4 Å². The average molecular weight is 308 g/mol. The maximum Gasteiger partial charge on any atom is 0.416 e. The molecule has 0 amide bonds. The minimum atomic E-state index is -4.31. The predicted octanol–water partition coefficient (Wildman–Crippen LogP) is 3.60. The average Bonchev–Trinajstić information content (AvgIpc) is 2.39. The molecule has 2 bridgehead atoms. The van der Waals surface area contributed by atoms with E-state index in [1.807, 2.05) is 0 Å². The predicted molar refractivity (Wildman–Crippen MR) is 72.3 cm³/mol. The Bertz CT molecular complexity index is 458. The molecule has 0 N–H and O–H groups in total. The largest absolute Gasteiger partial charge is 0.489 e. The Balaban J connectivity index is 0.00000147. The van der Waals surface area contributed by atoms with E-state index in [0.29, 0.717) is 11.7 Å². The van der Waals surface area contributed by atoms with Crippen molar-refractivity contribution < 1.29 is 17.9 Å². The van der Waals surface area contributed by atoms with Crippen molar-refractivity contribution in [3.8, 4) is 5.75 Å². The van der Waals surface area contributed by atoms with Crippen molar-refractivity contribution in [3.63, 3.8) is 0 Å². The molecule has 3 aliphatic rings. The molecule has 0 aromatic heterocycles. The molecule has 0 radical (unpaired) electrons. The highest BCUT2D eigenvalue weighted by Gasteiger charge is 2.36. The van der Waals surface area contributed by atoms with Crippen LogP contribution in [0.25, 0.3) is 0 Å². The number of hydrogen-bond acceptors (Lipinski definition) is 2. The number of alkyl halides is 3. The lowest BCUT2D eigenvalue weighted by Gasteiger charge is -2.44. The lowest BCUT2D eigenvalue weighted by Crippen LogP contribution is -2.52. The van der Waals surface area contributed by atoms with Gasteiger partial charge in [0.05, 0.1) is 5.56 Å². The van der Waals surface area contributed by atoms with Crippen molar-refractivity contribution >= 4 is 12.4 Å². The molecule has 3 heterocycles. The van der Waals surface area contributed by atoms with E-state index >= 15 is 0 Å². The zero-order chi connectivity index (χ0) is 13.5. The van der Waals surface area contributed by atoms with E-state index in [-0.39, 0.29) is 18.5 Å². The number of nitrogens with zero attached hydrogens (tertiary/aromatic N) is 1. The molecule has 20 heavy (non-hydrogen) atoms. The minimum Gasteiger partial charge on any atom is -0.489 e. The highest BCUT2D eigenvalue weighted by molar-refractivity contribution is 5.85. The second-order valence-electron chi connectivity index (χ2n) is 5.32. The van der Waals surface area contributed by atoms with Crippen molar-refractivity contribution in [1.29, 1.82) is 0 Å². The Morgan fingerprint density at radius 2 is 1.85 bits per heavy atom. The van der Waals surface area contributed by atoms with Crippen LogP contribution in [0, 0.1) is 5.92 Å². The van der Waals surface area contributed by atoms with Crippen LogP contribution in [-0.4, -0.2) is 30.6 Å². The highest BCUT2D eigenvalue weighted by Crippen LogP contribution is 2.34. The Morgan fingerprint density at radius 3 is 2.40 bits per heavy atom. The number of benzene rings is 1. The third-order valence-corrected chi connectivity index (χ3v) is 4.04. The van der Waals surface area contributed by atoms with E-state index in [2.05, 4.69) is 4.90 Å². The molecule has 3 fully saturated rings. The minimum absolute atomic E-state index is 0. The molecule has 0 spiro atoms. The van der Waals surface area contributed by atoms with Crippen LogP contribution in [0.3, 0.4) is 0 Å². The van der Waals surface area contributed by atoms with Crippen LogP contribution in [0.4, 0.5) is 13.2 Å². The summed E-state index contributed by atoms with van der Waals surface area (Å²) in [4.78, 5) is 2.32. The number of piperidine rings is 3. The van der Waals surface area contributed by atoms with Gasteiger partial charge in [-0.25, -0.2) is 0 Å². The Hall–Kier alpha value is -0.940. The first kappa shape index (κ1) is 15.4. The standard InChI is InChI=1S/C14H16F3NO.ClH/c15-14(16,17)11-2-1-3-12(8-11)19-13-9-18-6-4-10(13)5-7-18;/h1-3,8,10,13H,4-7,9H2;1H. The van der Waals surface area contributed by atoms with Crippen LogP contribution >= 0.6 is 12.4 Å². The van der Waals surface area contributed by atoms with Crippen molar-refractivity contribution in [2.24, 2.45) is 5.92 Å². The van der Waals surface area contributed by atoms with Crippen LogP contribution in [0.5, 0.6) is 5.75 Å². The van der Waals surface area contributed by atoms with Gasteiger partial charge in [-0.1, -0.05) is 6.07 Å². The first-order valence-corrected chi connectivity index (χ1v) is 6.58. The molecule has 3 saturated heterocycles. The molecule has 4 rings (SSSR count). The van der Waals surface area contributed by atoms with Crippen LogP contribution in [0.2, 0.25) is 0 Å². The van der Waals surface area contributed by atoms with Crippen molar-refractivity contribution in [2.45, 2.75) is 25.1 Å². The third kappa shape index (κ3) is 3.20. The summed E-state index contributed by atoms with van der Waals surface area (Å²) in [5, 5.41) is 0. The summed E-state index contributed by atoms with van der Waals surface area (Å²) in [7, 11) is 0. The topological polar surface area (TPSA) is 12.5 Å². The molecule has 0 aliphatic carbocycles. The van der Waals surface area contributed by atoms with Gasteiger partial charge in [0, 0.05) is 6.54 Å². The summed E-state index contributed by atoms with van der Waals surface area (Å²) in [6.45, 7) is 3.02. The number of halogens is 4. The molecular weight excluding hydrogens is 291 g/mol. The maximum absolute atomic E-state index is 12.6. The van der Waals surface area contributed by atoms with Gasteiger partial charge in [0.1, 0.15) is 11.9 Å². The fourth-order valence-electron chi connectivity index (χ4n) is 2.96. The molecule has 3 aliphatic heterocycles. The first-order valence-electron chi connectivity index (χ1n) is 6.58. The van der Waals surface area contributed by atoms with Gasteiger partial charge in [-0.05, 0) is 50.0 Å². The molecule has 6 heteroatoms. The molecule has 2 nitrogen and oxygen atoms in total. The highest BCUT2D eigenvalue weighted by atomic mass is 35.5. The number of rotatable bonds is 2. The monoisotopic (exact) mass is 307 g/mol. The maximum atomic E-state index is 12.6. The number of fused-ring (bicyclic) bond motifs is 3. The van der Waals surface area contributed by atoms with Crippen LogP contribution < -0.4 is 4.74 Å². The molecule has 112 valence electrons. The van der Waals surface area contributed by atoms with Crippen molar-refractivity contribution in [1.82, 2.24) is 4.90 Å². The summed E-state index contributed by atoms with van der Waals surface area (Å²) < 4.78 is 43.7. The number of hydrogen-bond donors (Lipinski definition) is 0. The van der Waals surface area contributed by atoms with Gasteiger partial charge >= 0.3 is 6.18 Å². The summed E-state index contributed by atoms with van der Waals surface area (Å²) in [5.74, 6) is 0.813. The fraction of sp³-hybridized carbons (Fsp3) is 0.571. The van der Waals surface area contributed by atoms with Crippen LogP contribution in [0.15, 0.2) is 24.3 Å². The van der Waals surface area contributed by atoms with Gasteiger partial charge in [0.15, 0.2) is 0 Å². The van der Waals surface area contributed by atoms with Gasteiger partial charge in [0.25, 0.3) is 0 Å². The Labute approximate surface area is 122 Å². The van der Waals surface area contributed by atoms with Gasteiger partial charge < -0.3 is 4.74 Å². The number of ether oxygens (including phenoxy) is 1. The van der Waals surface area contributed by atoms with E-state index < -0.39 is 11.7 Å². The lowest BCUT2D eigenvalue weighted by molar-refractivity contribution is -0.137. The van der Waals surface area contributed by atoms with E-state index in [1.54, 1.807) is 6.07 Å². The van der Waals surface area contributed by atoms with Gasteiger partial charge in [-0.3, -0.25) is 4.90 Å². The molecule has 1 aromatic carbocycles. The normalized spacial score (nSPS) is 28.9. The van der Waals surface area contributed by atoms with Crippen molar-refractivity contribution in [2.75, 3.05) is 19.6 Å². The smallest absolute Gasteiger partial charge is 0.416 e. The Morgan fingerprint density at radius 1 is 1.15 bits per heavy atom. The Kier molecular flexibility index (Phi) is 4.49. The first-order chi connectivity index (χ1) is 9.02. The lowest BCUT2D eigenvalue weighted by atomic mass is 9.86. The zero-order valence-electron chi connectivity index (χ0n) is 10.9. The van der Waals surface area contributed by atoms with E-state index in [4.69, 9.17) is 4.74 Å². The third-order valence-electron chi connectivity index (χ3n) is 4.04. The fourth-order valence-corrected chi connectivity index (χ4v) is 2.96. The summed E-state index contributed by atoms with van der Waals surface area (Å²) in [6, 6.07) is 5.17. The summed E-state index contributed by atoms with van der Waals surface area (Å²) >= 11 is 0.